The van der Waals surface area contributed by atoms with Gasteiger partial charge in [-0.3, -0.25) is 4.79 Å². The highest BCUT2D eigenvalue weighted by Crippen LogP contribution is 2.15. The second-order valence-electron chi connectivity index (χ2n) is 3.90. The highest BCUT2D eigenvalue weighted by atomic mass is 16.5. The Hall–Kier alpha value is -1.77. The lowest BCUT2D eigenvalue weighted by molar-refractivity contribution is -0.137. The predicted octanol–water partition coefficient (Wildman–Crippen LogP) is 3.21. The molecule has 0 saturated carbocycles. The predicted molar refractivity (Wildman–Crippen MR) is 68.1 cm³/mol. The van der Waals surface area contributed by atoms with Crippen LogP contribution in [0.5, 0.6) is 5.75 Å². The number of carbonyl (C=O) groups is 1. The van der Waals surface area contributed by atoms with Crippen LogP contribution in [0.2, 0.25) is 0 Å². The highest BCUT2D eigenvalue weighted by Gasteiger charge is 2.06. The van der Waals surface area contributed by atoms with Crippen LogP contribution < -0.4 is 4.74 Å². The topological polar surface area (TPSA) is 46.5 Å². The summed E-state index contributed by atoms with van der Waals surface area (Å²) in [7, 11) is 1.63. The van der Waals surface area contributed by atoms with Crippen molar-refractivity contribution in [1.29, 1.82) is 0 Å². The average Bonchev–Trinajstić information content (AvgIpc) is 2.34. The van der Waals surface area contributed by atoms with Crippen LogP contribution in [0.3, 0.4) is 0 Å². The van der Waals surface area contributed by atoms with E-state index in [0.717, 1.165) is 17.7 Å². The van der Waals surface area contributed by atoms with Crippen LogP contribution in [0.25, 0.3) is 6.08 Å². The lowest BCUT2D eigenvalue weighted by Gasteiger charge is -2.06. The first kappa shape index (κ1) is 13.3. The number of allylic oxidation sites excluding steroid dienone is 1. The van der Waals surface area contributed by atoms with Crippen LogP contribution in [0.4, 0.5) is 0 Å². The molecule has 0 aliphatic carbocycles. The summed E-state index contributed by atoms with van der Waals surface area (Å²) in [6.07, 6.45) is 4.93. The second kappa shape index (κ2) is 6.74. The molecular formula is C14H18O3. The van der Waals surface area contributed by atoms with Gasteiger partial charge in [0, 0.05) is 0 Å². The van der Waals surface area contributed by atoms with Gasteiger partial charge in [0.15, 0.2) is 0 Å². The fraction of sp³-hybridized carbons (Fsp3) is 0.357. The Morgan fingerprint density at radius 2 is 2.06 bits per heavy atom. The molecule has 1 atom stereocenters. The summed E-state index contributed by atoms with van der Waals surface area (Å²) < 4.78 is 5.07. The molecule has 1 aromatic rings. The first-order valence-corrected chi connectivity index (χ1v) is 5.69. The number of methoxy groups -OCH3 is 1. The molecule has 0 saturated heterocycles. The van der Waals surface area contributed by atoms with Crippen molar-refractivity contribution in [3.63, 3.8) is 0 Å². The van der Waals surface area contributed by atoms with Crippen molar-refractivity contribution in [3.05, 3.63) is 35.9 Å². The van der Waals surface area contributed by atoms with Gasteiger partial charge in [-0.25, -0.2) is 0 Å². The zero-order chi connectivity index (χ0) is 12.7. The third-order valence-electron chi connectivity index (χ3n) is 2.64. The summed E-state index contributed by atoms with van der Waals surface area (Å²) in [5, 5.41) is 8.73. The lowest BCUT2D eigenvalue weighted by atomic mass is 10.0. The monoisotopic (exact) mass is 234 g/mol. The van der Waals surface area contributed by atoms with Crippen LogP contribution in [0.1, 0.15) is 25.3 Å². The summed E-state index contributed by atoms with van der Waals surface area (Å²) in [5.74, 6) is 0.158. The van der Waals surface area contributed by atoms with Gasteiger partial charge in [0.2, 0.25) is 0 Å². The third-order valence-corrected chi connectivity index (χ3v) is 2.64. The van der Waals surface area contributed by atoms with Crippen LogP contribution in [-0.2, 0) is 4.79 Å². The Labute approximate surface area is 102 Å². The van der Waals surface area contributed by atoms with E-state index in [0.29, 0.717) is 0 Å². The normalized spacial score (nSPS) is 12.6. The van der Waals surface area contributed by atoms with Crippen molar-refractivity contribution in [1.82, 2.24) is 0 Å². The SMILES string of the molecule is CCC(C=Cc1ccc(OC)cc1)CC(=O)O. The first-order chi connectivity index (χ1) is 8.15. The van der Waals surface area contributed by atoms with E-state index in [1.807, 2.05) is 43.3 Å². The first-order valence-electron chi connectivity index (χ1n) is 5.69. The van der Waals surface area contributed by atoms with E-state index in [9.17, 15) is 4.79 Å². The Bertz CT molecular complexity index is 379. The maximum Gasteiger partial charge on any atom is 0.303 e. The van der Waals surface area contributed by atoms with Crippen LogP contribution in [0.15, 0.2) is 30.3 Å². The van der Waals surface area contributed by atoms with Crippen molar-refractivity contribution < 1.29 is 14.6 Å². The smallest absolute Gasteiger partial charge is 0.303 e. The minimum absolute atomic E-state index is 0.0922. The van der Waals surface area contributed by atoms with Crippen LogP contribution >= 0.6 is 0 Å². The maximum absolute atomic E-state index is 10.6. The Morgan fingerprint density at radius 3 is 2.53 bits per heavy atom. The number of hydrogen-bond donors (Lipinski definition) is 1. The summed E-state index contributed by atoms with van der Waals surface area (Å²) in [6.45, 7) is 1.99. The fourth-order valence-electron chi connectivity index (χ4n) is 1.53. The summed E-state index contributed by atoms with van der Waals surface area (Å²) in [5.41, 5.74) is 1.05. The Kier molecular flexibility index (Phi) is 5.27. The average molecular weight is 234 g/mol. The molecular weight excluding hydrogens is 216 g/mol. The number of benzene rings is 1. The molecule has 0 amide bonds. The summed E-state index contributed by atoms with van der Waals surface area (Å²) in [4.78, 5) is 10.6. The van der Waals surface area contributed by atoms with E-state index < -0.39 is 5.97 Å². The molecule has 0 radical (unpaired) electrons. The fourth-order valence-corrected chi connectivity index (χ4v) is 1.53. The highest BCUT2D eigenvalue weighted by molar-refractivity contribution is 5.67. The van der Waals surface area contributed by atoms with Gasteiger partial charge in [-0.15, -0.1) is 0 Å². The van der Waals surface area contributed by atoms with Crippen molar-refractivity contribution in [2.45, 2.75) is 19.8 Å². The van der Waals surface area contributed by atoms with Crippen molar-refractivity contribution in [2.75, 3.05) is 7.11 Å². The largest absolute Gasteiger partial charge is 0.497 e. The van der Waals surface area contributed by atoms with Gasteiger partial charge in [-0.05, 0) is 30.0 Å². The van der Waals surface area contributed by atoms with E-state index in [-0.39, 0.29) is 12.3 Å². The van der Waals surface area contributed by atoms with Gasteiger partial charge in [0.1, 0.15) is 5.75 Å². The third kappa shape index (κ3) is 4.72. The number of carboxylic acids is 1. The molecule has 0 bridgehead atoms. The van der Waals surface area contributed by atoms with E-state index in [4.69, 9.17) is 9.84 Å². The Balaban J connectivity index is 2.64. The molecule has 0 aliphatic rings. The van der Waals surface area contributed by atoms with E-state index in [1.54, 1.807) is 7.11 Å². The summed E-state index contributed by atoms with van der Waals surface area (Å²) in [6, 6.07) is 7.67. The minimum atomic E-state index is -0.753. The summed E-state index contributed by atoms with van der Waals surface area (Å²) >= 11 is 0. The maximum atomic E-state index is 10.6. The van der Waals surface area contributed by atoms with Crippen molar-refractivity contribution in [2.24, 2.45) is 5.92 Å². The number of rotatable bonds is 6. The molecule has 1 aromatic carbocycles. The molecule has 0 heterocycles. The molecule has 0 aliphatic heterocycles. The number of ether oxygens (including phenoxy) is 1. The second-order valence-corrected chi connectivity index (χ2v) is 3.90. The molecule has 1 rings (SSSR count). The van der Waals surface area contributed by atoms with Gasteiger partial charge >= 0.3 is 5.97 Å². The minimum Gasteiger partial charge on any atom is -0.497 e. The van der Waals surface area contributed by atoms with Crippen molar-refractivity contribution in [3.8, 4) is 5.75 Å². The van der Waals surface area contributed by atoms with Crippen LogP contribution in [0, 0.1) is 5.92 Å². The van der Waals surface area contributed by atoms with Gasteiger partial charge < -0.3 is 9.84 Å². The molecule has 0 fully saturated rings. The lowest BCUT2D eigenvalue weighted by Crippen LogP contribution is -2.03. The molecule has 92 valence electrons. The van der Waals surface area contributed by atoms with Gasteiger partial charge in [0.25, 0.3) is 0 Å². The van der Waals surface area contributed by atoms with E-state index >= 15 is 0 Å². The van der Waals surface area contributed by atoms with Crippen LogP contribution in [-0.4, -0.2) is 18.2 Å². The van der Waals surface area contributed by atoms with E-state index in [2.05, 4.69) is 0 Å². The molecule has 1 unspecified atom stereocenters. The van der Waals surface area contributed by atoms with Crippen molar-refractivity contribution >= 4 is 12.0 Å². The number of aliphatic carboxylic acids is 1. The van der Waals surface area contributed by atoms with Gasteiger partial charge in [-0.1, -0.05) is 31.2 Å². The standard InChI is InChI=1S/C14H18O3/c1-3-11(10-14(15)16)4-5-12-6-8-13(17-2)9-7-12/h4-9,11H,3,10H2,1-2H3,(H,15,16). The van der Waals surface area contributed by atoms with Gasteiger partial charge in [0.05, 0.1) is 13.5 Å². The molecule has 0 aromatic heterocycles. The zero-order valence-electron chi connectivity index (χ0n) is 10.2. The molecule has 0 spiro atoms. The number of carboxylic acid groups (broad SMARTS) is 1. The van der Waals surface area contributed by atoms with E-state index in [1.165, 1.54) is 0 Å². The zero-order valence-corrected chi connectivity index (χ0v) is 10.2. The number of hydrogen-bond acceptors (Lipinski definition) is 2. The van der Waals surface area contributed by atoms with Gasteiger partial charge in [-0.2, -0.15) is 0 Å². The molecule has 3 nitrogen and oxygen atoms in total. The quantitative estimate of drug-likeness (QED) is 0.822. The molecule has 1 N–H and O–H groups in total. The molecule has 17 heavy (non-hydrogen) atoms. The Morgan fingerprint density at radius 1 is 1.41 bits per heavy atom. The molecule has 3 heteroatoms.